The molecule has 0 heterocycles. The van der Waals surface area contributed by atoms with Gasteiger partial charge in [0.15, 0.2) is 5.78 Å². The highest BCUT2D eigenvalue weighted by molar-refractivity contribution is 5.98. The number of halogens is 1. The lowest BCUT2D eigenvalue weighted by Crippen LogP contribution is -2.44. The molecule has 1 fully saturated rings. The number of nitrogens with two attached hydrogens (primary N) is 1. The molecule has 0 bridgehead atoms. The summed E-state index contributed by atoms with van der Waals surface area (Å²) >= 11 is 0. The third kappa shape index (κ3) is 5.05. The first kappa shape index (κ1) is 19.9. The third-order valence-electron chi connectivity index (χ3n) is 5.56. The van der Waals surface area contributed by atoms with E-state index in [-0.39, 0.29) is 43.0 Å². The first-order valence-electron chi connectivity index (χ1n) is 9.32. The zero-order chi connectivity index (χ0) is 16.9. The highest BCUT2D eigenvalue weighted by Crippen LogP contribution is 2.25. The topological polar surface area (TPSA) is 72.2 Å². The predicted molar refractivity (Wildman–Crippen MR) is 102 cm³/mol. The van der Waals surface area contributed by atoms with E-state index in [9.17, 15) is 9.59 Å². The van der Waals surface area contributed by atoms with Crippen molar-refractivity contribution in [3.05, 3.63) is 34.9 Å². The third-order valence-corrected chi connectivity index (χ3v) is 5.56. The van der Waals surface area contributed by atoms with Crippen molar-refractivity contribution in [2.75, 3.05) is 6.54 Å². The molecule has 2 aliphatic carbocycles. The van der Waals surface area contributed by atoms with Crippen LogP contribution in [0.3, 0.4) is 0 Å². The fourth-order valence-electron chi connectivity index (χ4n) is 4.08. The van der Waals surface area contributed by atoms with Crippen LogP contribution >= 0.6 is 12.4 Å². The normalized spacial score (nSPS) is 22.0. The molecule has 1 aromatic carbocycles. The molecule has 2 unspecified atom stereocenters. The molecule has 4 nitrogen and oxygen atoms in total. The van der Waals surface area contributed by atoms with Gasteiger partial charge in [-0.05, 0) is 61.8 Å². The van der Waals surface area contributed by atoms with Crippen molar-refractivity contribution in [1.29, 1.82) is 0 Å². The molecule has 1 saturated carbocycles. The summed E-state index contributed by atoms with van der Waals surface area (Å²) in [5.41, 5.74) is 9.23. The number of aryl methyl sites for hydroxylation is 2. The number of hydrogen-bond acceptors (Lipinski definition) is 3. The maximum absolute atomic E-state index is 12.4. The van der Waals surface area contributed by atoms with Gasteiger partial charge in [-0.2, -0.15) is 0 Å². The summed E-state index contributed by atoms with van der Waals surface area (Å²) < 4.78 is 0. The monoisotopic (exact) mass is 364 g/mol. The number of amides is 1. The van der Waals surface area contributed by atoms with Crippen LogP contribution in [0.4, 0.5) is 0 Å². The number of Topliss-reactive ketones (excluding diaryl/α,β-unsaturated/α-hetero) is 1. The predicted octanol–water partition coefficient (Wildman–Crippen LogP) is 3.19. The SMILES string of the molecule is Cl.NCC1CCCCC1NC(=O)CCC(=O)c1ccc2c(c1)CCC2. The Balaban J connectivity index is 0.00000225. The van der Waals surface area contributed by atoms with E-state index in [0.29, 0.717) is 12.5 Å². The molecule has 2 atom stereocenters. The van der Waals surface area contributed by atoms with Crippen molar-refractivity contribution in [1.82, 2.24) is 5.32 Å². The molecule has 0 aliphatic heterocycles. The largest absolute Gasteiger partial charge is 0.353 e. The fourth-order valence-corrected chi connectivity index (χ4v) is 4.08. The van der Waals surface area contributed by atoms with E-state index < -0.39 is 0 Å². The summed E-state index contributed by atoms with van der Waals surface area (Å²) in [5.74, 6) is 0.434. The highest BCUT2D eigenvalue weighted by Gasteiger charge is 2.25. The van der Waals surface area contributed by atoms with Crippen LogP contribution in [0.1, 0.15) is 66.4 Å². The van der Waals surface area contributed by atoms with E-state index in [0.717, 1.165) is 37.7 Å². The number of hydrogen-bond donors (Lipinski definition) is 2. The van der Waals surface area contributed by atoms with E-state index in [4.69, 9.17) is 5.73 Å². The molecular weight excluding hydrogens is 336 g/mol. The molecular formula is C20H29ClN2O2. The molecule has 3 N–H and O–H groups in total. The van der Waals surface area contributed by atoms with Gasteiger partial charge >= 0.3 is 0 Å². The minimum absolute atomic E-state index is 0. The first-order chi connectivity index (χ1) is 11.7. The lowest BCUT2D eigenvalue weighted by atomic mass is 9.84. The number of fused-ring (bicyclic) bond motifs is 1. The van der Waals surface area contributed by atoms with Crippen molar-refractivity contribution in [3.63, 3.8) is 0 Å². The van der Waals surface area contributed by atoms with Gasteiger partial charge < -0.3 is 11.1 Å². The van der Waals surface area contributed by atoms with Gasteiger partial charge in [-0.1, -0.05) is 25.0 Å². The average Bonchev–Trinajstić information content (AvgIpc) is 3.07. The standard InChI is InChI=1S/C20H28N2O2.ClH/c21-13-17-4-1-2-7-18(17)22-20(24)11-10-19(23)16-9-8-14-5-3-6-15(14)12-16;/h8-9,12,17-18H,1-7,10-11,13,21H2,(H,22,24);1H. The molecule has 3 rings (SSSR count). The summed E-state index contributed by atoms with van der Waals surface area (Å²) in [7, 11) is 0. The van der Waals surface area contributed by atoms with Gasteiger partial charge in [0.1, 0.15) is 0 Å². The number of rotatable bonds is 6. The Morgan fingerprint density at radius 2 is 1.80 bits per heavy atom. The quantitative estimate of drug-likeness (QED) is 0.761. The summed E-state index contributed by atoms with van der Waals surface area (Å²) in [4.78, 5) is 24.6. The zero-order valence-corrected chi connectivity index (χ0v) is 15.6. The summed E-state index contributed by atoms with van der Waals surface area (Å²) in [6.45, 7) is 0.624. The second-order valence-corrected chi connectivity index (χ2v) is 7.21. The number of carbonyl (C=O) groups is 2. The number of benzene rings is 1. The van der Waals surface area contributed by atoms with Crippen LogP contribution in [0.15, 0.2) is 18.2 Å². The molecule has 0 spiro atoms. The maximum Gasteiger partial charge on any atom is 0.220 e. The zero-order valence-electron chi connectivity index (χ0n) is 14.8. The Morgan fingerprint density at radius 1 is 1.04 bits per heavy atom. The average molecular weight is 365 g/mol. The van der Waals surface area contributed by atoms with E-state index in [2.05, 4.69) is 11.4 Å². The van der Waals surface area contributed by atoms with Crippen molar-refractivity contribution in [2.45, 2.75) is 63.8 Å². The van der Waals surface area contributed by atoms with Crippen LogP contribution < -0.4 is 11.1 Å². The van der Waals surface area contributed by atoms with Crippen LogP contribution in [0.25, 0.3) is 0 Å². The Morgan fingerprint density at radius 3 is 2.60 bits per heavy atom. The minimum Gasteiger partial charge on any atom is -0.353 e. The lowest BCUT2D eigenvalue weighted by Gasteiger charge is -2.31. The number of carbonyl (C=O) groups excluding carboxylic acids is 2. The van der Waals surface area contributed by atoms with Crippen molar-refractivity contribution < 1.29 is 9.59 Å². The molecule has 0 saturated heterocycles. The second kappa shape index (κ2) is 9.35. The molecule has 0 radical (unpaired) electrons. The molecule has 0 aromatic heterocycles. The molecule has 5 heteroatoms. The highest BCUT2D eigenvalue weighted by atomic mass is 35.5. The molecule has 2 aliphatic rings. The van der Waals surface area contributed by atoms with Gasteiger partial charge in [-0.3, -0.25) is 9.59 Å². The fraction of sp³-hybridized carbons (Fsp3) is 0.600. The van der Waals surface area contributed by atoms with Crippen LogP contribution in [0, 0.1) is 5.92 Å². The van der Waals surface area contributed by atoms with Crippen molar-refractivity contribution >= 4 is 24.1 Å². The number of ketones is 1. The van der Waals surface area contributed by atoms with E-state index in [1.807, 2.05) is 12.1 Å². The Hall–Kier alpha value is -1.39. The van der Waals surface area contributed by atoms with Crippen molar-refractivity contribution in [2.24, 2.45) is 11.7 Å². The first-order valence-corrected chi connectivity index (χ1v) is 9.32. The van der Waals surface area contributed by atoms with Gasteiger partial charge in [0.2, 0.25) is 5.91 Å². The molecule has 1 aromatic rings. The van der Waals surface area contributed by atoms with Crippen molar-refractivity contribution in [3.8, 4) is 0 Å². The van der Waals surface area contributed by atoms with Crippen LogP contribution in [-0.4, -0.2) is 24.3 Å². The second-order valence-electron chi connectivity index (χ2n) is 7.21. The van der Waals surface area contributed by atoms with E-state index in [1.54, 1.807) is 0 Å². The summed E-state index contributed by atoms with van der Waals surface area (Å²) in [5, 5.41) is 3.10. The van der Waals surface area contributed by atoms with E-state index >= 15 is 0 Å². The van der Waals surface area contributed by atoms with Crippen LogP contribution in [-0.2, 0) is 17.6 Å². The smallest absolute Gasteiger partial charge is 0.220 e. The number of nitrogens with one attached hydrogen (secondary N) is 1. The van der Waals surface area contributed by atoms with Gasteiger partial charge in [-0.15, -0.1) is 12.4 Å². The van der Waals surface area contributed by atoms with Crippen LogP contribution in [0.5, 0.6) is 0 Å². The Bertz CT molecular complexity index is 618. The van der Waals surface area contributed by atoms with Gasteiger partial charge in [-0.25, -0.2) is 0 Å². The molecule has 25 heavy (non-hydrogen) atoms. The maximum atomic E-state index is 12.4. The van der Waals surface area contributed by atoms with Gasteiger partial charge in [0, 0.05) is 24.4 Å². The molecule has 1 amide bonds. The van der Waals surface area contributed by atoms with Gasteiger partial charge in [0.25, 0.3) is 0 Å². The van der Waals surface area contributed by atoms with Gasteiger partial charge in [0.05, 0.1) is 0 Å². The van der Waals surface area contributed by atoms with Crippen LogP contribution in [0.2, 0.25) is 0 Å². The lowest BCUT2D eigenvalue weighted by molar-refractivity contribution is -0.122. The summed E-state index contributed by atoms with van der Waals surface area (Å²) in [6.07, 6.45) is 8.37. The minimum atomic E-state index is -0.0186. The summed E-state index contributed by atoms with van der Waals surface area (Å²) in [6, 6.07) is 6.19. The Kier molecular flexibility index (Phi) is 7.45. The molecule has 138 valence electrons. The Labute approximate surface area is 156 Å². The van der Waals surface area contributed by atoms with E-state index in [1.165, 1.54) is 24.0 Å².